The molecule has 0 aliphatic carbocycles. The zero-order valence-corrected chi connectivity index (χ0v) is 21.8. The first kappa shape index (κ1) is 27.0. The Bertz CT molecular complexity index is 1420. The van der Waals surface area contributed by atoms with Gasteiger partial charge in [0.2, 0.25) is 17.7 Å². The highest BCUT2D eigenvalue weighted by atomic mass is 35.5. The number of hydrogen-bond acceptors (Lipinski definition) is 11. The summed E-state index contributed by atoms with van der Waals surface area (Å²) in [6.45, 7) is 0.677. The fourth-order valence-corrected chi connectivity index (χ4v) is 4.36. The SMILES string of the molecule is CN(C)C1CC(=O)N(c2cnc(NCCNc3ccc([N+](=O)[O-])c(N)n3)nc2-c2ccc(Cl)cc2Cl)C1=O. The topological polar surface area (TPSA) is 173 Å². The second-order valence-corrected chi connectivity index (χ2v) is 9.36. The lowest BCUT2D eigenvalue weighted by Gasteiger charge is -2.21. The molecule has 0 spiro atoms. The maximum Gasteiger partial charge on any atom is 0.311 e. The number of nitrogen functional groups attached to an aromatic ring is 1. The van der Waals surface area contributed by atoms with Crippen molar-refractivity contribution in [1.82, 2.24) is 19.9 Å². The number of rotatable bonds is 9. The number of aromatic nitrogens is 3. The van der Waals surface area contributed by atoms with Gasteiger partial charge >= 0.3 is 5.69 Å². The van der Waals surface area contributed by atoms with Crippen molar-refractivity contribution in [2.75, 3.05) is 48.5 Å². The number of benzene rings is 1. The molecule has 1 unspecified atom stereocenters. The zero-order chi connectivity index (χ0) is 27.6. The summed E-state index contributed by atoms with van der Waals surface area (Å²) in [5.74, 6) is -0.366. The summed E-state index contributed by atoms with van der Waals surface area (Å²) >= 11 is 12.5. The summed E-state index contributed by atoms with van der Waals surface area (Å²) in [5, 5.41) is 17.6. The molecule has 4 N–H and O–H groups in total. The number of nitrogens with one attached hydrogen (secondary N) is 2. The molecule has 1 aliphatic rings. The molecule has 1 aromatic carbocycles. The normalized spacial score (nSPS) is 15.3. The largest absolute Gasteiger partial charge is 0.378 e. The van der Waals surface area contributed by atoms with E-state index in [0.717, 1.165) is 4.90 Å². The number of imide groups is 1. The van der Waals surface area contributed by atoms with E-state index in [1.165, 1.54) is 18.3 Å². The second-order valence-electron chi connectivity index (χ2n) is 8.51. The van der Waals surface area contributed by atoms with Crippen molar-refractivity contribution < 1.29 is 14.5 Å². The quantitative estimate of drug-likeness (QED) is 0.152. The molecule has 13 nitrogen and oxygen atoms in total. The second kappa shape index (κ2) is 11.1. The average Bonchev–Trinajstić information content (AvgIpc) is 3.15. The first-order chi connectivity index (χ1) is 18.1. The lowest BCUT2D eigenvalue weighted by atomic mass is 10.1. The van der Waals surface area contributed by atoms with Crippen LogP contribution in [0.15, 0.2) is 36.5 Å². The van der Waals surface area contributed by atoms with Crippen LogP contribution in [0.5, 0.6) is 0 Å². The van der Waals surface area contributed by atoms with Gasteiger partial charge in [0.25, 0.3) is 5.91 Å². The van der Waals surface area contributed by atoms with Gasteiger partial charge in [-0.25, -0.2) is 19.9 Å². The van der Waals surface area contributed by atoms with E-state index < -0.39 is 11.0 Å². The Morgan fingerprint density at radius 1 is 1.16 bits per heavy atom. The molecule has 1 atom stereocenters. The Balaban J connectivity index is 1.56. The number of hydrogen-bond donors (Lipinski definition) is 3. The number of amides is 2. The van der Waals surface area contributed by atoms with Gasteiger partial charge in [-0.1, -0.05) is 23.2 Å². The van der Waals surface area contributed by atoms with Crippen molar-refractivity contribution in [3.63, 3.8) is 0 Å². The minimum absolute atomic E-state index is 0.0342. The Kier molecular flexibility index (Phi) is 7.90. The van der Waals surface area contributed by atoms with Gasteiger partial charge in [0.15, 0.2) is 0 Å². The monoisotopic (exact) mass is 559 g/mol. The van der Waals surface area contributed by atoms with E-state index in [1.807, 2.05) is 0 Å². The number of anilines is 4. The Morgan fingerprint density at radius 3 is 2.53 bits per heavy atom. The number of halogens is 2. The number of carbonyl (C=O) groups excluding carboxylic acids is 2. The van der Waals surface area contributed by atoms with E-state index in [2.05, 4.69) is 25.6 Å². The van der Waals surface area contributed by atoms with Gasteiger partial charge in [-0.2, -0.15) is 0 Å². The third-order valence-corrected chi connectivity index (χ3v) is 6.30. The molecule has 38 heavy (non-hydrogen) atoms. The van der Waals surface area contributed by atoms with Crippen LogP contribution in [-0.2, 0) is 9.59 Å². The summed E-state index contributed by atoms with van der Waals surface area (Å²) in [7, 11) is 3.46. The molecule has 1 fully saturated rings. The Labute approximate surface area is 227 Å². The van der Waals surface area contributed by atoms with Gasteiger partial charge in [-0.15, -0.1) is 0 Å². The van der Waals surface area contributed by atoms with Crippen molar-refractivity contribution in [2.24, 2.45) is 0 Å². The molecular formula is C23H23Cl2N9O4. The first-order valence-electron chi connectivity index (χ1n) is 11.3. The number of pyridine rings is 1. The molecule has 1 saturated heterocycles. The number of likely N-dealkylation sites (N-methyl/N-ethyl adjacent to an activating group) is 1. The number of nitrogens with two attached hydrogens (primary N) is 1. The standard InChI is InChI=1S/C23H23Cl2N9O4/c1-32(2)16-10-19(35)33(22(16)36)17-11-29-23(31-20(17)13-4-3-12(24)9-14(13)25)28-8-7-27-18-6-5-15(34(37)38)21(26)30-18/h3-6,9,11,16H,7-8,10H2,1-2H3,(H3,26,27,30)(H,28,29,31). The van der Waals surface area contributed by atoms with Crippen LogP contribution in [0.25, 0.3) is 11.3 Å². The Morgan fingerprint density at radius 2 is 1.89 bits per heavy atom. The van der Waals surface area contributed by atoms with Crippen LogP contribution in [0.1, 0.15) is 6.42 Å². The predicted octanol–water partition coefficient (Wildman–Crippen LogP) is 3.05. The van der Waals surface area contributed by atoms with Gasteiger partial charge in [-0.3, -0.25) is 24.6 Å². The molecule has 15 heteroatoms. The van der Waals surface area contributed by atoms with Gasteiger partial charge < -0.3 is 16.4 Å². The molecular weight excluding hydrogens is 537 g/mol. The van der Waals surface area contributed by atoms with Crippen LogP contribution in [0.3, 0.4) is 0 Å². The minimum atomic E-state index is -0.608. The van der Waals surface area contributed by atoms with Crippen molar-refractivity contribution in [3.05, 3.63) is 56.7 Å². The fraction of sp³-hybridized carbons (Fsp3) is 0.261. The van der Waals surface area contributed by atoms with Gasteiger partial charge in [0.05, 0.1) is 34.3 Å². The number of nitrogens with zero attached hydrogens (tertiary/aromatic N) is 6. The summed E-state index contributed by atoms with van der Waals surface area (Å²) in [6, 6.07) is 6.95. The summed E-state index contributed by atoms with van der Waals surface area (Å²) in [5.41, 5.74) is 6.30. The van der Waals surface area contributed by atoms with Crippen LogP contribution in [0.4, 0.5) is 29.0 Å². The third kappa shape index (κ3) is 5.59. The lowest BCUT2D eigenvalue weighted by Crippen LogP contribution is -2.38. The van der Waals surface area contributed by atoms with Crippen LogP contribution in [0, 0.1) is 10.1 Å². The fourth-order valence-electron chi connectivity index (χ4n) is 3.86. The Hall–Kier alpha value is -4.07. The molecule has 2 amide bonds. The van der Waals surface area contributed by atoms with Crippen LogP contribution < -0.4 is 21.3 Å². The average molecular weight is 560 g/mol. The number of nitro groups is 1. The van der Waals surface area contributed by atoms with Gasteiger partial charge in [0.1, 0.15) is 11.5 Å². The molecule has 3 aromatic rings. The molecule has 2 aromatic heterocycles. The molecule has 198 valence electrons. The smallest absolute Gasteiger partial charge is 0.311 e. The summed E-state index contributed by atoms with van der Waals surface area (Å²) < 4.78 is 0. The molecule has 0 radical (unpaired) electrons. The maximum atomic E-state index is 13.1. The highest BCUT2D eigenvalue weighted by molar-refractivity contribution is 6.36. The van der Waals surface area contributed by atoms with Crippen molar-refractivity contribution in [2.45, 2.75) is 12.5 Å². The van der Waals surface area contributed by atoms with Crippen LogP contribution in [-0.4, -0.2) is 69.8 Å². The van der Waals surface area contributed by atoms with E-state index in [9.17, 15) is 19.7 Å². The van der Waals surface area contributed by atoms with E-state index in [-0.39, 0.29) is 52.1 Å². The van der Waals surface area contributed by atoms with Crippen molar-refractivity contribution >= 4 is 64.0 Å². The molecule has 0 saturated carbocycles. The number of carbonyl (C=O) groups is 2. The molecule has 1 aliphatic heterocycles. The van der Waals surface area contributed by atoms with E-state index in [0.29, 0.717) is 29.5 Å². The van der Waals surface area contributed by atoms with Gasteiger partial charge in [0, 0.05) is 29.7 Å². The zero-order valence-electron chi connectivity index (χ0n) is 20.3. The molecule has 4 rings (SSSR count). The predicted molar refractivity (Wildman–Crippen MR) is 144 cm³/mol. The first-order valence-corrected chi connectivity index (χ1v) is 12.1. The van der Waals surface area contributed by atoms with E-state index in [4.69, 9.17) is 28.9 Å². The van der Waals surface area contributed by atoms with Gasteiger partial charge in [-0.05, 0) is 38.4 Å². The molecule has 3 heterocycles. The highest BCUT2D eigenvalue weighted by Gasteiger charge is 2.42. The van der Waals surface area contributed by atoms with Crippen molar-refractivity contribution in [3.8, 4) is 11.3 Å². The van der Waals surface area contributed by atoms with Crippen LogP contribution >= 0.6 is 23.2 Å². The molecule has 0 bridgehead atoms. The summed E-state index contributed by atoms with van der Waals surface area (Å²) in [4.78, 5) is 51.8. The minimum Gasteiger partial charge on any atom is -0.378 e. The van der Waals surface area contributed by atoms with E-state index >= 15 is 0 Å². The lowest BCUT2D eigenvalue weighted by molar-refractivity contribution is -0.384. The summed E-state index contributed by atoms with van der Waals surface area (Å²) in [6.07, 6.45) is 1.43. The van der Waals surface area contributed by atoms with Crippen LogP contribution in [0.2, 0.25) is 10.0 Å². The van der Waals surface area contributed by atoms with Crippen molar-refractivity contribution in [1.29, 1.82) is 0 Å². The maximum absolute atomic E-state index is 13.1. The third-order valence-electron chi connectivity index (χ3n) is 5.76. The highest BCUT2D eigenvalue weighted by Crippen LogP contribution is 2.37. The van der Waals surface area contributed by atoms with E-state index in [1.54, 1.807) is 37.2 Å².